The molecule has 0 rings (SSSR count). The van der Waals surface area contributed by atoms with E-state index >= 15 is 0 Å². The van der Waals surface area contributed by atoms with Crippen molar-refractivity contribution in [2.45, 2.75) is 89.5 Å². The molecule has 0 aliphatic carbocycles. The highest BCUT2D eigenvalue weighted by Gasteiger charge is 2.37. The minimum Gasteiger partial charge on any atom is -0.480 e. The number of hydrogen-bond acceptors (Lipinski definition) is 12. The average molecular weight is 693 g/mol. The molecule has 0 aromatic rings. The number of guanidine groups is 1. The predicted molar refractivity (Wildman–Crippen MR) is 169 cm³/mol. The molecular weight excluding hydrogens is 640 g/mol. The summed E-state index contributed by atoms with van der Waals surface area (Å²) in [6.07, 6.45) is -8.06. The van der Waals surface area contributed by atoms with Crippen LogP contribution >= 0.6 is 0 Å². The Bertz CT molecular complexity index is 1120. The second-order valence-corrected chi connectivity index (χ2v) is 12.0. The van der Waals surface area contributed by atoms with Crippen LogP contribution in [0.2, 0.25) is 0 Å². The van der Waals surface area contributed by atoms with Crippen molar-refractivity contribution in [2.24, 2.45) is 28.3 Å². The number of likely N-dealkylation sites (N-methyl/N-ethyl adjacent to an activating group) is 1. The van der Waals surface area contributed by atoms with Crippen molar-refractivity contribution in [1.82, 2.24) is 26.2 Å². The number of aliphatic imine (C=N–C) groups is 1. The Labute approximate surface area is 278 Å². The fourth-order valence-corrected chi connectivity index (χ4v) is 4.26. The zero-order chi connectivity index (χ0) is 37.3. The number of carboxylic acid groups (broad SMARTS) is 1. The van der Waals surface area contributed by atoms with E-state index in [2.05, 4.69) is 26.3 Å². The second-order valence-electron chi connectivity index (χ2n) is 12.0. The predicted octanol–water partition coefficient (Wildman–Crippen LogP) is -5.71. The van der Waals surface area contributed by atoms with Crippen molar-refractivity contribution in [1.29, 1.82) is 0 Å². The lowest BCUT2D eigenvalue weighted by atomic mass is 9.98. The molecule has 0 saturated heterocycles. The van der Waals surface area contributed by atoms with E-state index in [1.54, 1.807) is 27.7 Å². The summed E-state index contributed by atoms with van der Waals surface area (Å²) in [5, 5.41) is 67.0. The van der Waals surface area contributed by atoms with Gasteiger partial charge in [-0.1, -0.05) is 27.7 Å². The van der Waals surface area contributed by atoms with Gasteiger partial charge in [0.1, 0.15) is 43.0 Å². The van der Waals surface area contributed by atoms with Crippen LogP contribution in [0, 0.1) is 11.8 Å². The van der Waals surface area contributed by atoms with Crippen LogP contribution in [0.15, 0.2) is 4.99 Å². The molecule has 0 aliphatic rings. The summed E-state index contributed by atoms with van der Waals surface area (Å²) in [6.45, 7) is 4.52. The van der Waals surface area contributed by atoms with Crippen molar-refractivity contribution in [2.75, 3.05) is 33.3 Å². The molecular formula is C28H52N8O12. The number of nitrogens with one attached hydrogen (secondary N) is 4. The normalized spacial score (nSPS) is 15.6. The highest BCUT2D eigenvalue weighted by Crippen LogP contribution is 2.11. The molecule has 0 spiro atoms. The molecule has 48 heavy (non-hydrogen) atoms. The maximum atomic E-state index is 13.2. The number of nitrogens with zero attached hydrogens (tertiary/aromatic N) is 2. The minimum absolute atomic E-state index is 0.0420. The number of hydrogen-bond donors (Lipinski definition) is 12. The van der Waals surface area contributed by atoms with E-state index < -0.39 is 104 Å². The summed E-state index contributed by atoms with van der Waals surface area (Å²) < 4.78 is 0. The zero-order valence-corrected chi connectivity index (χ0v) is 27.8. The monoisotopic (exact) mass is 692 g/mol. The van der Waals surface area contributed by atoms with Gasteiger partial charge in [-0.05, 0) is 31.1 Å². The molecule has 0 radical (unpaired) electrons. The molecule has 0 aromatic heterocycles. The molecule has 20 nitrogen and oxygen atoms in total. The van der Waals surface area contributed by atoms with E-state index in [9.17, 15) is 49.2 Å². The summed E-state index contributed by atoms with van der Waals surface area (Å²) >= 11 is 0. The largest absolute Gasteiger partial charge is 0.480 e. The van der Waals surface area contributed by atoms with Crippen LogP contribution in [0.1, 0.15) is 47.0 Å². The van der Waals surface area contributed by atoms with Gasteiger partial charge in [0.05, 0.1) is 13.2 Å². The highest BCUT2D eigenvalue weighted by molar-refractivity contribution is 5.95. The van der Waals surface area contributed by atoms with Gasteiger partial charge in [0, 0.05) is 13.6 Å². The van der Waals surface area contributed by atoms with Gasteiger partial charge in [0.25, 0.3) is 5.91 Å². The van der Waals surface area contributed by atoms with Gasteiger partial charge >= 0.3 is 5.97 Å². The third kappa shape index (κ3) is 16.1. The van der Waals surface area contributed by atoms with Crippen LogP contribution in [-0.2, 0) is 28.8 Å². The smallest absolute Gasteiger partial charge is 0.323 e. The van der Waals surface area contributed by atoms with Gasteiger partial charge in [-0.3, -0.25) is 33.8 Å². The maximum absolute atomic E-state index is 13.2. The Kier molecular flexibility index (Phi) is 19.8. The number of nitrogens with two attached hydrogens (primary N) is 2. The van der Waals surface area contributed by atoms with E-state index in [0.717, 1.165) is 4.90 Å². The lowest BCUT2D eigenvalue weighted by Crippen LogP contribution is -2.59. The van der Waals surface area contributed by atoms with Crippen molar-refractivity contribution >= 4 is 41.5 Å². The first-order valence-corrected chi connectivity index (χ1v) is 15.3. The Hall–Kier alpha value is -4.11. The molecule has 0 fully saturated rings. The van der Waals surface area contributed by atoms with E-state index in [0.29, 0.717) is 0 Å². The number of aliphatic hydroxyl groups is 5. The minimum atomic E-state index is -2.30. The highest BCUT2D eigenvalue weighted by atomic mass is 16.4. The van der Waals surface area contributed by atoms with Crippen LogP contribution in [0.4, 0.5) is 0 Å². The number of aliphatic carboxylic acids is 1. The van der Waals surface area contributed by atoms with Gasteiger partial charge in [-0.25, -0.2) is 0 Å². The number of amides is 5. The van der Waals surface area contributed by atoms with Gasteiger partial charge in [-0.2, -0.15) is 0 Å². The zero-order valence-electron chi connectivity index (χ0n) is 27.8. The Morgan fingerprint density at radius 1 is 0.833 bits per heavy atom. The van der Waals surface area contributed by atoms with E-state index in [-0.39, 0.29) is 37.7 Å². The quantitative estimate of drug-likeness (QED) is 0.0286. The van der Waals surface area contributed by atoms with Gasteiger partial charge in [-0.15, -0.1) is 0 Å². The second kappa shape index (κ2) is 21.7. The Morgan fingerprint density at radius 2 is 1.44 bits per heavy atom. The van der Waals surface area contributed by atoms with Crippen LogP contribution in [0.3, 0.4) is 0 Å². The number of carbonyl (C=O) groups excluding carboxylic acids is 5. The summed E-state index contributed by atoms with van der Waals surface area (Å²) in [6, 6.07) is -3.73. The maximum Gasteiger partial charge on any atom is 0.323 e. The molecule has 7 atom stereocenters. The Balaban J connectivity index is 5.62. The molecule has 0 unspecified atom stereocenters. The lowest BCUT2D eigenvalue weighted by Gasteiger charge is -2.29. The summed E-state index contributed by atoms with van der Waals surface area (Å²) in [4.78, 5) is 80.2. The number of aliphatic hydroxyl groups excluding tert-OH is 5. The van der Waals surface area contributed by atoms with Crippen LogP contribution in [0.25, 0.3) is 0 Å². The fraction of sp³-hybridized carbons (Fsp3) is 0.750. The molecule has 0 saturated carbocycles. The van der Waals surface area contributed by atoms with Crippen LogP contribution in [-0.4, -0.2) is 153 Å². The Morgan fingerprint density at radius 3 is 1.94 bits per heavy atom. The first-order chi connectivity index (χ1) is 22.2. The molecule has 276 valence electrons. The molecule has 14 N–H and O–H groups in total. The summed E-state index contributed by atoms with van der Waals surface area (Å²) in [5.74, 6) is -6.61. The summed E-state index contributed by atoms with van der Waals surface area (Å²) in [7, 11) is 1.24. The standard InChI is InChI=1S/C28H52N8O12/c1-13(2)9-16(34-25(46)20(14(3)4)35-26(47)23(44)22(43)21(42)17(38)12-37)24(45)32-10-18(39)33-15(7-6-8-31-28(29)30)27(48)36(5)11-19(40)41/h13-17,20-23,37-38,42-44H,6-12H2,1-5H3,(H,32,45)(H,33,39)(H,34,46)(H,35,47)(H,40,41)(H4,29,30,31)/t15-,16-,17+,20-,21+,22-,23+/m0/s1. The van der Waals surface area contributed by atoms with Gasteiger partial charge < -0.3 is 68.3 Å². The number of carbonyl (C=O) groups is 6. The molecule has 0 aromatic carbocycles. The van der Waals surface area contributed by atoms with Gasteiger partial charge in [0.2, 0.25) is 23.6 Å². The van der Waals surface area contributed by atoms with Crippen LogP contribution in [0.5, 0.6) is 0 Å². The van der Waals surface area contributed by atoms with Crippen molar-refractivity contribution in [3.8, 4) is 0 Å². The number of carboxylic acids is 1. The van der Waals surface area contributed by atoms with Gasteiger partial charge in [0.15, 0.2) is 12.1 Å². The first kappa shape index (κ1) is 43.9. The van der Waals surface area contributed by atoms with Crippen molar-refractivity contribution in [3.05, 3.63) is 0 Å². The van der Waals surface area contributed by atoms with E-state index in [1.807, 2.05) is 0 Å². The lowest BCUT2D eigenvalue weighted by molar-refractivity contribution is -0.151. The molecule has 5 amide bonds. The summed E-state index contributed by atoms with van der Waals surface area (Å²) in [5.41, 5.74) is 10.6. The third-order valence-corrected chi connectivity index (χ3v) is 6.86. The van der Waals surface area contributed by atoms with Crippen molar-refractivity contribution in [3.63, 3.8) is 0 Å². The van der Waals surface area contributed by atoms with E-state index in [1.165, 1.54) is 7.05 Å². The van der Waals surface area contributed by atoms with E-state index in [4.69, 9.17) is 21.7 Å². The van der Waals surface area contributed by atoms with Crippen LogP contribution < -0.4 is 32.7 Å². The first-order valence-electron chi connectivity index (χ1n) is 15.3. The SMILES string of the molecule is CC(C)C[C@H](NC(=O)[C@@H](NC(=O)[C@H](O)[C@@H](O)[C@H](O)[C@H](O)CO)C(C)C)C(=O)NCC(=O)N[C@@H](CCCN=C(N)N)C(=O)N(C)CC(=O)O. The molecule has 20 heteroatoms. The number of rotatable bonds is 22. The third-order valence-electron chi connectivity index (χ3n) is 6.86. The van der Waals surface area contributed by atoms with Crippen molar-refractivity contribution < 1.29 is 59.4 Å². The topological polar surface area (TPSA) is 340 Å². The molecule has 0 heterocycles. The molecule has 0 bridgehead atoms. The fourth-order valence-electron chi connectivity index (χ4n) is 4.26. The molecule has 0 aliphatic heterocycles. The average Bonchev–Trinajstić information content (AvgIpc) is 3.00.